The van der Waals surface area contributed by atoms with Crippen molar-refractivity contribution in [3.63, 3.8) is 0 Å². The summed E-state index contributed by atoms with van der Waals surface area (Å²) in [5.74, 6) is 0.869. The third-order valence-electron chi connectivity index (χ3n) is 3.72. The van der Waals surface area contributed by atoms with E-state index in [1.54, 1.807) is 11.0 Å². The Morgan fingerprint density at radius 1 is 1.30 bits per heavy atom. The van der Waals surface area contributed by atoms with Gasteiger partial charge in [-0.05, 0) is 12.0 Å². The van der Waals surface area contributed by atoms with Crippen molar-refractivity contribution < 1.29 is 0 Å². The van der Waals surface area contributed by atoms with Gasteiger partial charge in [-0.1, -0.05) is 30.3 Å². The van der Waals surface area contributed by atoms with Gasteiger partial charge in [-0.15, -0.1) is 0 Å². The molecule has 1 fully saturated rings. The third-order valence-corrected chi connectivity index (χ3v) is 3.72. The Hall–Kier alpha value is -1.72. The first-order valence-corrected chi connectivity index (χ1v) is 7.14. The highest BCUT2D eigenvalue weighted by molar-refractivity contribution is 5.14. The third kappa shape index (κ3) is 3.43. The summed E-state index contributed by atoms with van der Waals surface area (Å²) in [7, 11) is 1.90. The quantitative estimate of drug-likeness (QED) is 0.887. The second-order valence-corrected chi connectivity index (χ2v) is 5.42. The van der Waals surface area contributed by atoms with Crippen LogP contribution in [0.4, 0.5) is 0 Å². The van der Waals surface area contributed by atoms with Crippen LogP contribution in [0.1, 0.15) is 17.8 Å². The van der Waals surface area contributed by atoms with Gasteiger partial charge < -0.3 is 5.32 Å². The molecular weight excluding hydrogens is 250 g/mol. The fourth-order valence-corrected chi connectivity index (χ4v) is 2.69. The fourth-order valence-electron chi connectivity index (χ4n) is 2.69. The van der Waals surface area contributed by atoms with E-state index >= 15 is 0 Å². The molecule has 20 heavy (non-hydrogen) atoms. The highest BCUT2D eigenvalue weighted by Crippen LogP contribution is 2.13. The lowest BCUT2D eigenvalue weighted by Crippen LogP contribution is -2.32. The van der Waals surface area contributed by atoms with E-state index in [1.807, 2.05) is 7.05 Å². The zero-order chi connectivity index (χ0) is 13.8. The van der Waals surface area contributed by atoms with Crippen LogP contribution in [0, 0.1) is 0 Å². The first-order valence-electron chi connectivity index (χ1n) is 7.14. The zero-order valence-corrected chi connectivity index (χ0v) is 11.9. The highest BCUT2D eigenvalue weighted by Gasteiger charge is 2.22. The van der Waals surface area contributed by atoms with Gasteiger partial charge in [0.15, 0.2) is 5.82 Å². The summed E-state index contributed by atoms with van der Waals surface area (Å²) < 4.78 is 1.74. The maximum atomic E-state index is 4.29. The smallest absolute Gasteiger partial charge is 0.164 e. The maximum Gasteiger partial charge on any atom is 0.164 e. The molecule has 1 unspecified atom stereocenters. The average Bonchev–Trinajstić information content (AvgIpc) is 3.07. The van der Waals surface area contributed by atoms with Crippen LogP contribution in [0.15, 0.2) is 36.7 Å². The number of hydrogen-bond donors (Lipinski definition) is 1. The Morgan fingerprint density at radius 3 is 2.90 bits per heavy atom. The molecule has 0 spiro atoms. The van der Waals surface area contributed by atoms with Gasteiger partial charge in [-0.3, -0.25) is 9.58 Å². The van der Waals surface area contributed by atoms with E-state index in [4.69, 9.17) is 0 Å². The van der Waals surface area contributed by atoms with Crippen molar-refractivity contribution in [2.75, 3.05) is 13.1 Å². The number of nitrogens with zero attached hydrogens (tertiary/aromatic N) is 4. The molecule has 1 atom stereocenters. The molecule has 1 aromatic heterocycles. The average molecular weight is 271 g/mol. The SMILES string of the molecule is Cn1cnc(CNC2CCN(Cc3ccccc3)C2)n1. The Labute approximate surface area is 119 Å². The Bertz CT molecular complexity index is 536. The van der Waals surface area contributed by atoms with Gasteiger partial charge >= 0.3 is 0 Å². The predicted molar refractivity (Wildman–Crippen MR) is 78.0 cm³/mol. The van der Waals surface area contributed by atoms with Gasteiger partial charge in [0, 0.05) is 32.7 Å². The van der Waals surface area contributed by atoms with Crippen molar-refractivity contribution in [3.05, 3.63) is 48.0 Å². The van der Waals surface area contributed by atoms with E-state index in [0.717, 1.165) is 32.0 Å². The molecule has 5 heteroatoms. The van der Waals surface area contributed by atoms with Crippen LogP contribution in [-0.4, -0.2) is 38.8 Å². The molecule has 1 aliphatic heterocycles. The van der Waals surface area contributed by atoms with Crippen LogP contribution in [-0.2, 0) is 20.1 Å². The molecular formula is C15H21N5. The monoisotopic (exact) mass is 271 g/mol. The number of rotatable bonds is 5. The van der Waals surface area contributed by atoms with Gasteiger partial charge in [0.2, 0.25) is 0 Å². The Balaban J connectivity index is 1.45. The summed E-state index contributed by atoms with van der Waals surface area (Å²) in [5, 5.41) is 7.83. The second-order valence-electron chi connectivity index (χ2n) is 5.42. The van der Waals surface area contributed by atoms with Crippen molar-refractivity contribution in [1.29, 1.82) is 0 Å². The lowest BCUT2D eigenvalue weighted by atomic mass is 10.2. The molecule has 0 bridgehead atoms. The van der Waals surface area contributed by atoms with Gasteiger partial charge in [0.05, 0.1) is 6.54 Å². The van der Waals surface area contributed by atoms with E-state index in [1.165, 1.54) is 12.0 Å². The number of likely N-dealkylation sites (tertiary alicyclic amines) is 1. The zero-order valence-electron chi connectivity index (χ0n) is 11.9. The maximum absolute atomic E-state index is 4.29. The van der Waals surface area contributed by atoms with Crippen molar-refractivity contribution in [2.45, 2.75) is 25.6 Å². The van der Waals surface area contributed by atoms with Crippen LogP contribution < -0.4 is 5.32 Å². The molecule has 0 aliphatic carbocycles. The molecule has 2 aromatic rings. The highest BCUT2D eigenvalue weighted by atomic mass is 15.3. The minimum absolute atomic E-state index is 0.544. The molecule has 1 N–H and O–H groups in total. The standard InChI is InChI=1S/C15H21N5/c1-19-12-17-15(18-19)9-16-14-7-8-20(11-14)10-13-5-3-2-4-6-13/h2-6,12,14,16H,7-11H2,1H3. The van der Waals surface area contributed by atoms with Crippen molar-refractivity contribution in [3.8, 4) is 0 Å². The summed E-state index contributed by atoms with van der Waals surface area (Å²) in [4.78, 5) is 6.74. The van der Waals surface area contributed by atoms with E-state index in [9.17, 15) is 0 Å². The minimum atomic E-state index is 0.544. The van der Waals surface area contributed by atoms with Crippen molar-refractivity contribution in [1.82, 2.24) is 25.0 Å². The number of nitrogens with one attached hydrogen (secondary N) is 1. The molecule has 3 rings (SSSR count). The van der Waals surface area contributed by atoms with Crippen LogP contribution in [0.2, 0.25) is 0 Å². The molecule has 1 aromatic carbocycles. The van der Waals surface area contributed by atoms with E-state index in [2.05, 4.69) is 50.6 Å². The predicted octanol–water partition coefficient (Wildman–Crippen LogP) is 1.18. The molecule has 5 nitrogen and oxygen atoms in total. The molecule has 106 valence electrons. The Kier molecular flexibility index (Phi) is 4.08. The Morgan fingerprint density at radius 2 is 2.15 bits per heavy atom. The molecule has 2 heterocycles. The normalized spacial score (nSPS) is 19.6. The summed E-state index contributed by atoms with van der Waals surface area (Å²) >= 11 is 0. The van der Waals surface area contributed by atoms with Crippen LogP contribution in [0.3, 0.4) is 0 Å². The number of benzene rings is 1. The van der Waals surface area contributed by atoms with Crippen LogP contribution in [0.5, 0.6) is 0 Å². The van der Waals surface area contributed by atoms with E-state index in [0.29, 0.717) is 6.04 Å². The summed E-state index contributed by atoms with van der Waals surface area (Å²) in [6, 6.07) is 11.2. The van der Waals surface area contributed by atoms with Gasteiger partial charge in [0.1, 0.15) is 6.33 Å². The molecule has 0 radical (unpaired) electrons. The first kappa shape index (κ1) is 13.3. The lowest BCUT2D eigenvalue weighted by Gasteiger charge is -2.16. The fraction of sp³-hybridized carbons (Fsp3) is 0.467. The molecule has 1 saturated heterocycles. The van der Waals surface area contributed by atoms with E-state index in [-0.39, 0.29) is 0 Å². The lowest BCUT2D eigenvalue weighted by molar-refractivity contribution is 0.319. The topological polar surface area (TPSA) is 46.0 Å². The first-order chi connectivity index (χ1) is 9.79. The summed E-state index contributed by atoms with van der Waals surface area (Å²) in [6.45, 7) is 4.05. The van der Waals surface area contributed by atoms with Gasteiger partial charge in [-0.2, -0.15) is 5.10 Å². The summed E-state index contributed by atoms with van der Waals surface area (Å²) in [6.07, 6.45) is 2.94. The van der Waals surface area contributed by atoms with Gasteiger partial charge in [0.25, 0.3) is 0 Å². The second kappa shape index (κ2) is 6.15. The van der Waals surface area contributed by atoms with E-state index < -0.39 is 0 Å². The van der Waals surface area contributed by atoms with Crippen molar-refractivity contribution in [2.24, 2.45) is 7.05 Å². The number of aromatic nitrogens is 3. The summed E-state index contributed by atoms with van der Waals surface area (Å²) in [5.41, 5.74) is 1.39. The minimum Gasteiger partial charge on any atom is -0.306 e. The van der Waals surface area contributed by atoms with Crippen LogP contribution in [0.25, 0.3) is 0 Å². The number of aryl methyl sites for hydroxylation is 1. The molecule has 0 saturated carbocycles. The van der Waals surface area contributed by atoms with Crippen molar-refractivity contribution >= 4 is 0 Å². The van der Waals surface area contributed by atoms with Gasteiger partial charge in [-0.25, -0.2) is 4.98 Å². The molecule has 0 amide bonds. The number of hydrogen-bond acceptors (Lipinski definition) is 4. The van der Waals surface area contributed by atoms with Crippen LogP contribution >= 0.6 is 0 Å². The molecule has 1 aliphatic rings. The largest absolute Gasteiger partial charge is 0.306 e.